The highest BCUT2D eigenvalue weighted by molar-refractivity contribution is 7.86. The topological polar surface area (TPSA) is 113 Å². The van der Waals surface area contributed by atoms with Gasteiger partial charge in [-0.3, -0.25) is 4.98 Å². The number of benzene rings is 1. The van der Waals surface area contributed by atoms with Crippen molar-refractivity contribution in [3.05, 3.63) is 42.2 Å². The second-order valence-corrected chi connectivity index (χ2v) is 9.84. The molecule has 9 nitrogen and oxygen atoms in total. The number of ether oxygens (including phenoxy) is 2. The molecule has 10 heteroatoms. The van der Waals surface area contributed by atoms with E-state index in [9.17, 15) is 13.5 Å². The van der Waals surface area contributed by atoms with Gasteiger partial charge in [0.2, 0.25) is 0 Å². The van der Waals surface area contributed by atoms with Crippen LogP contribution < -0.4 is 0 Å². The maximum Gasteiger partial charge on any atom is 0.266 e. The number of hydrogen-bond acceptors (Lipinski definition) is 8. The first kappa shape index (κ1) is 23.6. The summed E-state index contributed by atoms with van der Waals surface area (Å²) >= 11 is 0. The molecule has 2 aromatic heterocycles. The Morgan fingerprint density at radius 2 is 2.09 bits per heavy atom. The van der Waals surface area contributed by atoms with Crippen LogP contribution in [-0.4, -0.2) is 47.4 Å². The van der Waals surface area contributed by atoms with Crippen molar-refractivity contribution in [2.24, 2.45) is 0 Å². The zero-order chi connectivity index (χ0) is 23.6. The lowest BCUT2D eigenvalue weighted by molar-refractivity contribution is -0.113. The number of rotatable bonds is 8. The highest BCUT2D eigenvalue weighted by Crippen LogP contribution is 2.35. The molecule has 178 valence electrons. The molecule has 4 rings (SSSR count). The average Bonchev–Trinajstić information content (AvgIpc) is 3.17. The number of aromatic nitrogens is 3. The number of phenolic OH excluding ortho intramolecular Hbond substituents is 1. The molecule has 1 fully saturated rings. The minimum absolute atomic E-state index is 0.150. The van der Waals surface area contributed by atoms with Crippen molar-refractivity contribution in [3.8, 4) is 17.0 Å². The van der Waals surface area contributed by atoms with E-state index in [4.69, 9.17) is 18.8 Å². The second kappa shape index (κ2) is 9.76. The van der Waals surface area contributed by atoms with E-state index in [-0.39, 0.29) is 12.0 Å². The molecule has 1 aromatic carbocycles. The lowest BCUT2D eigenvalue weighted by Crippen LogP contribution is -2.21. The minimum atomic E-state index is -3.64. The van der Waals surface area contributed by atoms with Gasteiger partial charge in [-0.05, 0) is 62.4 Å². The summed E-state index contributed by atoms with van der Waals surface area (Å²) < 4.78 is 41.6. The van der Waals surface area contributed by atoms with Crippen molar-refractivity contribution in [2.45, 2.75) is 58.2 Å². The zero-order valence-corrected chi connectivity index (χ0v) is 19.8. The van der Waals surface area contributed by atoms with Gasteiger partial charge in [-0.25, -0.2) is 8.86 Å². The van der Waals surface area contributed by atoms with Crippen LogP contribution in [0.25, 0.3) is 22.2 Å². The number of pyridine rings is 1. The third-order valence-electron chi connectivity index (χ3n) is 5.59. The van der Waals surface area contributed by atoms with Crippen LogP contribution in [0.2, 0.25) is 0 Å². The molecule has 3 heterocycles. The van der Waals surface area contributed by atoms with Gasteiger partial charge in [0.15, 0.2) is 12.5 Å². The first-order valence-electron chi connectivity index (χ1n) is 11.1. The van der Waals surface area contributed by atoms with Gasteiger partial charge >= 0.3 is 0 Å². The minimum Gasteiger partial charge on any atom is -0.508 e. The molecule has 0 unspecified atom stereocenters. The fourth-order valence-electron chi connectivity index (χ4n) is 3.98. The van der Waals surface area contributed by atoms with Crippen LogP contribution in [0, 0.1) is 0 Å². The van der Waals surface area contributed by atoms with Crippen molar-refractivity contribution >= 4 is 21.0 Å². The first-order chi connectivity index (χ1) is 15.7. The number of phenols is 1. The van der Waals surface area contributed by atoms with E-state index in [0.717, 1.165) is 47.5 Å². The van der Waals surface area contributed by atoms with Crippen LogP contribution in [0.5, 0.6) is 5.75 Å². The Morgan fingerprint density at radius 3 is 2.79 bits per heavy atom. The van der Waals surface area contributed by atoms with Gasteiger partial charge in [0.05, 0.1) is 17.9 Å². The zero-order valence-electron chi connectivity index (χ0n) is 19.0. The van der Waals surface area contributed by atoms with Crippen LogP contribution in [0.15, 0.2) is 36.7 Å². The van der Waals surface area contributed by atoms with Crippen molar-refractivity contribution in [3.63, 3.8) is 0 Å². The Bertz CT molecular complexity index is 1220. The monoisotopic (exact) mass is 475 g/mol. The van der Waals surface area contributed by atoms with E-state index in [1.165, 1.54) is 0 Å². The first-order valence-corrected chi connectivity index (χ1v) is 12.9. The number of fused-ring (bicyclic) bond motifs is 1. The van der Waals surface area contributed by atoms with Gasteiger partial charge in [0.1, 0.15) is 11.4 Å². The van der Waals surface area contributed by atoms with Crippen LogP contribution in [0.4, 0.5) is 0 Å². The summed E-state index contributed by atoms with van der Waals surface area (Å²) in [6.07, 6.45) is 6.22. The average molecular weight is 476 g/mol. The fraction of sp³-hybridized carbons (Fsp3) is 0.478. The van der Waals surface area contributed by atoms with E-state index in [1.807, 2.05) is 23.7 Å². The van der Waals surface area contributed by atoms with Crippen LogP contribution >= 0.6 is 0 Å². The molecule has 0 saturated carbocycles. The number of nitrogens with zero attached hydrogens (tertiary/aromatic N) is 3. The van der Waals surface area contributed by atoms with Gasteiger partial charge in [0.25, 0.3) is 10.1 Å². The Balaban J connectivity index is 1.68. The summed E-state index contributed by atoms with van der Waals surface area (Å²) in [6, 6.07) is 7.08. The summed E-state index contributed by atoms with van der Waals surface area (Å²) in [5.74, 6) is 0.150. The number of aromatic hydroxyl groups is 1. The molecule has 33 heavy (non-hydrogen) atoms. The molecule has 0 aliphatic carbocycles. The van der Waals surface area contributed by atoms with Crippen LogP contribution in [-0.2, 0) is 23.8 Å². The summed E-state index contributed by atoms with van der Waals surface area (Å²) in [5.41, 5.74) is 3.05. The molecular weight excluding hydrogens is 446 g/mol. The lowest BCUT2D eigenvalue weighted by atomic mass is 10.1. The quantitative estimate of drug-likeness (QED) is 0.379. The largest absolute Gasteiger partial charge is 0.508 e. The normalized spacial score (nSPS) is 18.9. The Kier molecular flexibility index (Phi) is 6.99. The van der Waals surface area contributed by atoms with E-state index in [0.29, 0.717) is 18.7 Å². The Hall–Kier alpha value is -2.53. The molecule has 0 bridgehead atoms. The van der Waals surface area contributed by atoms with Gasteiger partial charge in [-0.15, -0.1) is 0 Å². The number of hydrogen-bond donors (Lipinski definition) is 1. The third kappa shape index (κ3) is 5.52. The van der Waals surface area contributed by atoms with Crippen LogP contribution in [0.3, 0.4) is 0 Å². The molecule has 0 amide bonds. The van der Waals surface area contributed by atoms with Crippen molar-refractivity contribution in [1.82, 2.24) is 14.8 Å². The van der Waals surface area contributed by atoms with Crippen molar-refractivity contribution < 1.29 is 27.2 Å². The van der Waals surface area contributed by atoms with Crippen molar-refractivity contribution in [1.29, 1.82) is 0 Å². The highest BCUT2D eigenvalue weighted by atomic mass is 32.2. The molecule has 0 radical (unpaired) electrons. The fourth-order valence-corrected chi connectivity index (χ4v) is 4.55. The summed E-state index contributed by atoms with van der Waals surface area (Å²) in [7, 11) is -3.64. The summed E-state index contributed by atoms with van der Waals surface area (Å²) in [6.45, 7) is 4.29. The van der Waals surface area contributed by atoms with Gasteiger partial charge in [-0.2, -0.15) is 13.5 Å². The Morgan fingerprint density at radius 1 is 1.27 bits per heavy atom. The molecule has 0 spiro atoms. The summed E-state index contributed by atoms with van der Waals surface area (Å²) in [4.78, 5) is 4.36. The third-order valence-corrected chi connectivity index (χ3v) is 6.16. The molecule has 1 saturated heterocycles. The maximum atomic E-state index is 11.5. The smallest absolute Gasteiger partial charge is 0.266 e. The standard InChI is InChI=1S/C23H29N3O6S/c1-4-22(32-33(3,28)29)31-15(2)16-11-17(14-24-13-16)23-19-12-18(27)8-9-20(19)26(25-23)21-7-5-6-10-30-21/h8-9,11-15,21-22,27H,4-7,10H2,1-3H3/t15-,21-,22+/m0/s1. The second-order valence-electron chi connectivity index (χ2n) is 8.24. The Labute approximate surface area is 193 Å². The van der Waals surface area contributed by atoms with E-state index in [2.05, 4.69) is 4.98 Å². The molecular formula is C23H29N3O6S. The highest BCUT2D eigenvalue weighted by Gasteiger charge is 2.23. The van der Waals surface area contributed by atoms with Gasteiger partial charge in [0, 0.05) is 30.0 Å². The molecule has 1 aliphatic rings. The van der Waals surface area contributed by atoms with E-state index < -0.39 is 22.5 Å². The van der Waals surface area contributed by atoms with Gasteiger partial charge < -0.3 is 14.6 Å². The molecule has 1 aliphatic heterocycles. The van der Waals surface area contributed by atoms with E-state index in [1.54, 1.807) is 31.5 Å². The lowest BCUT2D eigenvalue weighted by Gasteiger charge is -2.23. The molecule has 3 aromatic rings. The molecule has 3 atom stereocenters. The predicted molar refractivity (Wildman–Crippen MR) is 123 cm³/mol. The van der Waals surface area contributed by atoms with Gasteiger partial charge in [-0.1, -0.05) is 6.92 Å². The summed E-state index contributed by atoms with van der Waals surface area (Å²) in [5, 5.41) is 15.8. The van der Waals surface area contributed by atoms with Crippen molar-refractivity contribution in [2.75, 3.05) is 12.9 Å². The predicted octanol–water partition coefficient (Wildman–Crippen LogP) is 4.29. The SMILES string of the molecule is CC[C@H](O[C@@H](C)c1cncc(-c2nn([C@@H]3CCCCO3)c3ccc(O)cc23)c1)OS(C)(=O)=O. The molecule has 1 N–H and O–H groups in total. The van der Waals surface area contributed by atoms with Crippen LogP contribution in [0.1, 0.15) is 57.4 Å². The maximum absolute atomic E-state index is 11.5. The van der Waals surface area contributed by atoms with E-state index >= 15 is 0 Å².